The van der Waals surface area contributed by atoms with E-state index in [4.69, 9.17) is 4.74 Å². The minimum Gasteiger partial charge on any atom is -0.492 e. The number of ether oxygens (including phenoxy) is 1. The Morgan fingerprint density at radius 3 is 2.49 bits per heavy atom. The van der Waals surface area contributed by atoms with Crippen LogP contribution in [-0.2, 0) is 17.4 Å². The molecule has 1 fully saturated rings. The molecule has 0 aromatic heterocycles. The van der Waals surface area contributed by atoms with Crippen molar-refractivity contribution < 1.29 is 27.1 Å². The molecule has 3 aromatic rings. The van der Waals surface area contributed by atoms with Crippen LogP contribution in [0.15, 0.2) is 72.8 Å². The average Bonchev–Trinajstić information content (AvgIpc) is 2.89. The SMILES string of the molecule is O=C(Nc1ccc(F)cc1)C1Cc2cc(C(F)(F)F)ccc2N2CCN(CCOc3ccccc3)CC12. The van der Waals surface area contributed by atoms with Gasteiger partial charge in [0.1, 0.15) is 18.2 Å². The highest BCUT2D eigenvalue weighted by Gasteiger charge is 2.42. The number of amides is 1. The number of anilines is 2. The van der Waals surface area contributed by atoms with E-state index in [1.54, 1.807) is 0 Å². The summed E-state index contributed by atoms with van der Waals surface area (Å²) in [4.78, 5) is 17.7. The molecule has 2 atom stereocenters. The van der Waals surface area contributed by atoms with Crippen molar-refractivity contribution in [2.24, 2.45) is 5.92 Å². The predicted octanol–water partition coefficient (Wildman–Crippen LogP) is 5.23. The normalized spacial score (nSPS) is 19.6. The van der Waals surface area contributed by atoms with Crippen molar-refractivity contribution in [3.05, 3.63) is 89.7 Å². The van der Waals surface area contributed by atoms with Crippen LogP contribution in [0.25, 0.3) is 0 Å². The van der Waals surface area contributed by atoms with Gasteiger partial charge in [0.05, 0.1) is 17.5 Å². The Morgan fingerprint density at radius 1 is 1.00 bits per heavy atom. The van der Waals surface area contributed by atoms with Crippen molar-refractivity contribution in [1.82, 2.24) is 4.90 Å². The van der Waals surface area contributed by atoms with E-state index in [1.807, 2.05) is 30.3 Å². The van der Waals surface area contributed by atoms with Crippen LogP contribution in [0.3, 0.4) is 0 Å². The second-order valence-corrected chi connectivity index (χ2v) is 9.37. The number of rotatable bonds is 6. The Labute approximate surface area is 212 Å². The molecule has 0 saturated carbocycles. The summed E-state index contributed by atoms with van der Waals surface area (Å²) in [5.74, 6) is -0.522. The van der Waals surface area contributed by atoms with Crippen LogP contribution in [0.1, 0.15) is 11.1 Å². The molecule has 2 heterocycles. The molecule has 1 amide bonds. The van der Waals surface area contributed by atoms with Crippen molar-refractivity contribution in [2.75, 3.05) is 43.0 Å². The Bertz CT molecular complexity index is 1230. The fourth-order valence-electron chi connectivity index (χ4n) is 5.14. The third kappa shape index (κ3) is 5.72. The van der Waals surface area contributed by atoms with E-state index >= 15 is 0 Å². The van der Waals surface area contributed by atoms with Crippen molar-refractivity contribution in [3.8, 4) is 5.75 Å². The molecule has 0 bridgehead atoms. The molecule has 3 aromatic carbocycles. The summed E-state index contributed by atoms with van der Waals surface area (Å²) in [5, 5.41) is 2.83. The Kier molecular flexibility index (Phi) is 7.06. The summed E-state index contributed by atoms with van der Waals surface area (Å²) in [6.45, 7) is 2.98. The second-order valence-electron chi connectivity index (χ2n) is 9.37. The van der Waals surface area contributed by atoms with E-state index in [9.17, 15) is 22.4 Å². The number of para-hydroxylation sites is 1. The molecule has 37 heavy (non-hydrogen) atoms. The van der Waals surface area contributed by atoms with E-state index in [0.29, 0.717) is 44.0 Å². The zero-order valence-electron chi connectivity index (χ0n) is 20.0. The number of carbonyl (C=O) groups is 1. The van der Waals surface area contributed by atoms with Gasteiger partial charge in [0.25, 0.3) is 0 Å². The number of nitrogens with zero attached hydrogens (tertiary/aromatic N) is 2. The van der Waals surface area contributed by atoms with Crippen LogP contribution in [0.2, 0.25) is 0 Å². The first kappa shape index (κ1) is 25.1. The van der Waals surface area contributed by atoms with Crippen molar-refractivity contribution >= 4 is 17.3 Å². The van der Waals surface area contributed by atoms with Crippen LogP contribution >= 0.6 is 0 Å². The number of hydrogen-bond donors (Lipinski definition) is 1. The zero-order chi connectivity index (χ0) is 26.0. The number of hydrogen-bond acceptors (Lipinski definition) is 4. The summed E-state index contributed by atoms with van der Waals surface area (Å²) in [6, 6.07) is 18.5. The van der Waals surface area contributed by atoms with Crippen LogP contribution in [0, 0.1) is 11.7 Å². The first-order valence-corrected chi connectivity index (χ1v) is 12.2. The number of fused-ring (bicyclic) bond motifs is 3. The maximum absolute atomic E-state index is 13.4. The molecule has 2 unspecified atom stereocenters. The van der Waals surface area contributed by atoms with Crippen molar-refractivity contribution in [3.63, 3.8) is 0 Å². The molecule has 0 spiro atoms. The summed E-state index contributed by atoms with van der Waals surface area (Å²) in [7, 11) is 0. The van der Waals surface area contributed by atoms with Gasteiger partial charge in [0.15, 0.2) is 0 Å². The van der Waals surface area contributed by atoms with Gasteiger partial charge in [-0.1, -0.05) is 18.2 Å². The predicted molar refractivity (Wildman–Crippen MR) is 133 cm³/mol. The highest BCUT2D eigenvalue weighted by Crippen LogP contribution is 2.40. The topological polar surface area (TPSA) is 44.8 Å². The molecule has 5 nitrogen and oxygen atoms in total. The first-order valence-electron chi connectivity index (χ1n) is 12.2. The standard InChI is InChI=1S/C28H27F4N3O2/c29-21-7-9-22(10-8-21)33-27(36)24-17-19-16-20(28(30,31)32)6-11-25(19)35-13-12-34(18-26(24)35)14-15-37-23-4-2-1-3-5-23/h1-11,16,24,26H,12-15,17-18H2,(H,33,36). The summed E-state index contributed by atoms with van der Waals surface area (Å²) in [6.07, 6.45) is -4.28. The molecule has 0 aliphatic carbocycles. The van der Waals surface area contributed by atoms with Crippen molar-refractivity contribution in [1.29, 1.82) is 0 Å². The molecule has 1 saturated heterocycles. The number of alkyl halides is 3. The molecular formula is C28H27F4N3O2. The molecule has 9 heteroatoms. The maximum Gasteiger partial charge on any atom is 0.416 e. The van der Waals surface area contributed by atoms with Gasteiger partial charge in [0, 0.05) is 37.6 Å². The number of carbonyl (C=O) groups excluding carboxylic acids is 1. The summed E-state index contributed by atoms with van der Waals surface area (Å²) < 4.78 is 59.4. The number of nitrogens with one attached hydrogen (secondary N) is 1. The van der Waals surface area contributed by atoms with E-state index in [0.717, 1.165) is 23.6 Å². The first-order chi connectivity index (χ1) is 17.8. The summed E-state index contributed by atoms with van der Waals surface area (Å²) >= 11 is 0. The van der Waals surface area contributed by atoms with Crippen molar-refractivity contribution in [2.45, 2.75) is 18.6 Å². The fourth-order valence-corrected chi connectivity index (χ4v) is 5.14. The molecule has 2 aliphatic heterocycles. The maximum atomic E-state index is 13.4. The summed E-state index contributed by atoms with van der Waals surface area (Å²) in [5.41, 5.74) is 0.964. The zero-order valence-corrected chi connectivity index (χ0v) is 20.0. The van der Waals surface area contributed by atoms with Gasteiger partial charge in [-0.3, -0.25) is 9.69 Å². The highest BCUT2D eigenvalue weighted by atomic mass is 19.4. The molecular weight excluding hydrogens is 486 g/mol. The van der Waals surface area contributed by atoms with Gasteiger partial charge in [0.2, 0.25) is 5.91 Å². The third-order valence-electron chi connectivity index (χ3n) is 6.99. The lowest BCUT2D eigenvalue weighted by Crippen LogP contribution is -2.60. The molecule has 2 aliphatic rings. The molecule has 1 N–H and O–H groups in total. The third-order valence-corrected chi connectivity index (χ3v) is 6.99. The minimum atomic E-state index is -4.46. The Balaban J connectivity index is 1.36. The lowest BCUT2D eigenvalue weighted by atomic mass is 9.82. The number of piperazine rings is 1. The van der Waals surface area contributed by atoms with Gasteiger partial charge in [-0.05, 0) is 66.6 Å². The molecule has 5 rings (SSSR count). The van der Waals surface area contributed by atoms with Crippen LogP contribution < -0.4 is 15.0 Å². The highest BCUT2D eigenvalue weighted by molar-refractivity contribution is 5.94. The number of benzene rings is 3. The van der Waals surface area contributed by atoms with Gasteiger partial charge in [-0.15, -0.1) is 0 Å². The van der Waals surface area contributed by atoms with Gasteiger partial charge in [-0.2, -0.15) is 13.2 Å². The molecule has 0 radical (unpaired) electrons. The quantitative estimate of drug-likeness (QED) is 0.459. The average molecular weight is 514 g/mol. The lowest BCUT2D eigenvalue weighted by Gasteiger charge is -2.49. The smallest absolute Gasteiger partial charge is 0.416 e. The van der Waals surface area contributed by atoms with Gasteiger partial charge >= 0.3 is 6.18 Å². The largest absolute Gasteiger partial charge is 0.492 e. The van der Waals surface area contributed by atoms with E-state index in [1.165, 1.54) is 30.3 Å². The van der Waals surface area contributed by atoms with E-state index in [-0.39, 0.29) is 18.4 Å². The van der Waals surface area contributed by atoms with Gasteiger partial charge < -0.3 is 15.0 Å². The lowest BCUT2D eigenvalue weighted by molar-refractivity contribution is -0.137. The van der Waals surface area contributed by atoms with Crippen LogP contribution in [0.5, 0.6) is 5.75 Å². The van der Waals surface area contributed by atoms with Crippen LogP contribution in [-0.4, -0.2) is 49.6 Å². The second kappa shape index (κ2) is 10.4. The molecule has 194 valence electrons. The number of halogens is 4. The van der Waals surface area contributed by atoms with Crippen LogP contribution in [0.4, 0.5) is 28.9 Å². The van der Waals surface area contributed by atoms with E-state index < -0.39 is 23.5 Å². The Morgan fingerprint density at radius 2 is 1.76 bits per heavy atom. The minimum absolute atomic E-state index is 0.182. The van der Waals surface area contributed by atoms with Gasteiger partial charge in [-0.25, -0.2) is 4.39 Å². The Hall–Kier alpha value is -3.59. The van der Waals surface area contributed by atoms with E-state index in [2.05, 4.69) is 15.1 Å². The monoisotopic (exact) mass is 513 g/mol. The fraction of sp³-hybridized carbons (Fsp3) is 0.321.